The zero-order valence-corrected chi connectivity index (χ0v) is 14.0. The normalized spacial score (nSPS) is 12.7. The molecule has 0 aliphatic heterocycles. The van der Waals surface area contributed by atoms with Gasteiger partial charge >= 0.3 is 0 Å². The molecule has 0 unspecified atom stereocenters. The maximum atomic E-state index is 7.19. The second-order valence-electron chi connectivity index (χ2n) is 5.05. The molecule has 3 aromatic rings. The minimum Gasteiger partial charge on any atom is -0.497 e. The number of rotatable bonds is 4. The second-order valence-corrected chi connectivity index (χ2v) is 5.84. The number of hydrogen-bond donors (Lipinski definition) is 0. The van der Waals surface area contributed by atoms with Crippen molar-refractivity contribution in [3.05, 3.63) is 102 Å². The van der Waals surface area contributed by atoms with Gasteiger partial charge in [0.1, 0.15) is 5.75 Å². The van der Waals surface area contributed by atoms with Gasteiger partial charge in [0.2, 0.25) is 0 Å². The highest BCUT2D eigenvalue weighted by Gasteiger charge is 2.11. The molecule has 0 heterocycles. The lowest BCUT2D eigenvalue weighted by molar-refractivity contribution is 0.415. The first-order valence-electron chi connectivity index (χ1n) is 8.74. The van der Waals surface area contributed by atoms with Crippen LogP contribution in [0.2, 0.25) is 0 Å². The third-order valence-corrected chi connectivity index (χ3v) is 4.42. The van der Waals surface area contributed by atoms with Crippen molar-refractivity contribution in [2.45, 2.75) is 0 Å². The van der Waals surface area contributed by atoms with Crippen molar-refractivity contribution in [2.75, 3.05) is 7.04 Å². The van der Waals surface area contributed by atoms with E-state index < -0.39 is 7.04 Å². The molecule has 0 bridgehead atoms. The van der Waals surface area contributed by atoms with E-state index >= 15 is 0 Å². The second kappa shape index (κ2) is 7.30. The third-order valence-electron chi connectivity index (χ3n) is 3.57. The summed E-state index contributed by atoms with van der Waals surface area (Å²) in [4.78, 5) is 0. The summed E-state index contributed by atoms with van der Waals surface area (Å²) in [5.41, 5.74) is 4.18. The average Bonchev–Trinajstić information content (AvgIpc) is 2.63. The minimum atomic E-state index is -2.45. The van der Waals surface area contributed by atoms with Crippen molar-refractivity contribution in [3.63, 3.8) is 0 Å². The summed E-state index contributed by atoms with van der Waals surface area (Å²) in [7, 11) is -2.45. The molecule has 0 aromatic heterocycles. The molecule has 0 saturated heterocycles. The zero-order valence-electron chi connectivity index (χ0n) is 15.4. The van der Waals surface area contributed by atoms with Crippen LogP contribution in [0.4, 0.5) is 0 Å². The molecule has 3 rings (SSSR count). The fourth-order valence-corrected chi connectivity index (χ4v) is 3.17. The van der Waals surface area contributed by atoms with Crippen molar-refractivity contribution in [1.29, 1.82) is 0 Å². The third kappa shape index (κ3) is 3.54. The predicted octanol–water partition coefficient (Wildman–Crippen LogP) is 6.01. The van der Waals surface area contributed by atoms with Gasteiger partial charge in [0.05, 0.1) is 11.2 Å². The van der Waals surface area contributed by atoms with E-state index in [1.807, 2.05) is 48.5 Å². The van der Waals surface area contributed by atoms with Crippen LogP contribution < -0.4 is 4.74 Å². The smallest absolute Gasteiger partial charge is 0.118 e. The van der Waals surface area contributed by atoms with E-state index in [2.05, 4.69) is 40.2 Å². The molecule has 0 radical (unpaired) electrons. The first kappa shape index (κ1) is 12.1. The van der Waals surface area contributed by atoms with Crippen molar-refractivity contribution in [3.8, 4) is 5.75 Å². The lowest BCUT2D eigenvalue weighted by Gasteiger charge is -2.13. The highest BCUT2D eigenvalue weighted by Crippen LogP contribution is 2.36. The van der Waals surface area contributed by atoms with Gasteiger partial charge < -0.3 is 4.74 Å². The number of hydrogen-bond acceptors (Lipinski definition) is 1. The first-order valence-corrected chi connectivity index (χ1v) is 8.03. The summed E-state index contributed by atoms with van der Waals surface area (Å²) < 4.78 is 27.4. The summed E-state index contributed by atoms with van der Waals surface area (Å²) in [5, 5.41) is 0. The molecular formula is C21H17BrO. The molecule has 114 valence electrons. The molecule has 2 heteroatoms. The highest BCUT2D eigenvalue weighted by atomic mass is 79.9. The monoisotopic (exact) mass is 367 g/mol. The summed E-state index contributed by atoms with van der Waals surface area (Å²) in [6, 6.07) is 27.3. The maximum absolute atomic E-state index is 7.19. The van der Waals surface area contributed by atoms with Crippen molar-refractivity contribution < 1.29 is 8.85 Å². The number of ether oxygens (including phenoxy) is 1. The van der Waals surface area contributed by atoms with Gasteiger partial charge in [-0.3, -0.25) is 0 Å². The Bertz CT molecular complexity index is 845. The van der Waals surface area contributed by atoms with Crippen LogP contribution in [0.15, 0.2) is 84.9 Å². The van der Waals surface area contributed by atoms with Crippen LogP contribution in [-0.2, 0) is 0 Å². The molecule has 23 heavy (non-hydrogen) atoms. The Morgan fingerprint density at radius 2 is 1.26 bits per heavy atom. The van der Waals surface area contributed by atoms with Crippen LogP contribution in [-0.4, -0.2) is 7.04 Å². The Labute approximate surface area is 149 Å². The number of benzene rings is 3. The molecule has 3 aromatic carbocycles. The van der Waals surface area contributed by atoms with Gasteiger partial charge in [0.15, 0.2) is 0 Å². The zero-order chi connectivity index (χ0) is 18.6. The predicted molar refractivity (Wildman–Crippen MR) is 101 cm³/mol. The van der Waals surface area contributed by atoms with E-state index in [1.54, 1.807) is 12.1 Å². The van der Waals surface area contributed by atoms with Crippen LogP contribution in [0.3, 0.4) is 0 Å². The Kier molecular flexibility index (Phi) is 3.85. The van der Waals surface area contributed by atoms with Gasteiger partial charge in [0, 0.05) is 10.1 Å². The average molecular weight is 368 g/mol. The Morgan fingerprint density at radius 1 is 0.739 bits per heavy atom. The molecule has 1 nitrogen and oxygen atoms in total. The lowest BCUT2D eigenvalue weighted by atomic mass is 9.95. The minimum absolute atomic E-state index is 0.315. The van der Waals surface area contributed by atoms with Gasteiger partial charge in [-0.25, -0.2) is 0 Å². The highest BCUT2D eigenvalue weighted by molar-refractivity contribution is 9.15. The van der Waals surface area contributed by atoms with Crippen LogP contribution in [0.1, 0.15) is 20.8 Å². The molecule has 0 aliphatic carbocycles. The fourth-order valence-electron chi connectivity index (χ4n) is 2.44. The quantitative estimate of drug-likeness (QED) is 0.513. The van der Waals surface area contributed by atoms with E-state index in [9.17, 15) is 0 Å². The van der Waals surface area contributed by atoms with Crippen LogP contribution in [0, 0.1) is 0 Å². The van der Waals surface area contributed by atoms with E-state index in [0.717, 1.165) is 26.7 Å². The summed E-state index contributed by atoms with van der Waals surface area (Å²) >= 11 is 3.74. The van der Waals surface area contributed by atoms with Crippen molar-refractivity contribution in [2.24, 2.45) is 0 Å². The van der Waals surface area contributed by atoms with E-state index in [1.165, 1.54) is 0 Å². The molecular weight excluding hydrogens is 348 g/mol. The lowest BCUT2D eigenvalue weighted by Crippen LogP contribution is -1.91. The summed E-state index contributed by atoms with van der Waals surface area (Å²) in [6.45, 7) is 0. The Morgan fingerprint density at radius 3 is 1.74 bits per heavy atom. The van der Waals surface area contributed by atoms with E-state index in [-0.39, 0.29) is 0 Å². The molecule has 0 atom stereocenters. The number of methoxy groups -OCH3 is 1. The van der Waals surface area contributed by atoms with Crippen molar-refractivity contribution in [1.82, 2.24) is 0 Å². The van der Waals surface area contributed by atoms with Crippen LogP contribution in [0.25, 0.3) is 10.1 Å². The van der Waals surface area contributed by atoms with Gasteiger partial charge in [-0.2, -0.15) is 0 Å². The van der Waals surface area contributed by atoms with Gasteiger partial charge in [-0.1, -0.05) is 72.8 Å². The molecule has 0 N–H and O–H groups in total. The van der Waals surface area contributed by atoms with Crippen LogP contribution >= 0.6 is 15.9 Å². The van der Waals surface area contributed by atoms with Gasteiger partial charge in [0.25, 0.3) is 0 Å². The standard InChI is InChI=1S/C21H17BrO/c1-23-19-14-12-18(13-15-19)21(22)20(16-8-4-2-5-9-16)17-10-6-3-7-11-17/h2-15H,1H3/i1D3. The van der Waals surface area contributed by atoms with Gasteiger partial charge in [-0.05, 0) is 44.8 Å². The van der Waals surface area contributed by atoms with E-state index in [4.69, 9.17) is 8.85 Å². The van der Waals surface area contributed by atoms with E-state index in [0.29, 0.717) is 5.75 Å². The maximum Gasteiger partial charge on any atom is 0.118 e. The molecule has 0 fully saturated rings. The van der Waals surface area contributed by atoms with Crippen LogP contribution in [0.5, 0.6) is 5.75 Å². The topological polar surface area (TPSA) is 9.23 Å². The Balaban J connectivity index is 2.05. The summed E-state index contributed by atoms with van der Waals surface area (Å²) in [5.74, 6) is 0.315. The SMILES string of the molecule is [2H]C([2H])([2H])Oc1ccc(C(Br)=C(c2ccccc2)c2ccccc2)cc1. The number of halogens is 1. The molecule has 0 spiro atoms. The Hall–Kier alpha value is -2.32. The first-order chi connectivity index (χ1) is 12.4. The largest absolute Gasteiger partial charge is 0.497 e. The fraction of sp³-hybridized carbons (Fsp3) is 0.0476. The van der Waals surface area contributed by atoms with Gasteiger partial charge in [-0.15, -0.1) is 0 Å². The molecule has 0 aliphatic rings. The van der Waals surface area contributed by atoms with Crippen molar-refractivity contribution >= 4 is 26.0 Å². The summed E-state index contributed by atoms with van der Waals surface area (Å²) in [6.07, 6.45) is 0. The molecule has 0 saturated carbocycles. The molecule has 0 amide bonds.